The van der Waals surface area contributed by atoms with E-state index in [0.717, 1.165) is 11.8 Å². The number of anilines is 1. The molecule has 3 rings (SSSR count). The average molecular weight is 435 g/mol. The summed E-state index contributed by atoms with van der Waals surface area (Å²) >= 11 is 0. The summed E-state index contributed by atoms with van der Waals surface area (Å²) in [4.78, 5) is 13.0. The van der Waals surface area contributed by atoms with Crippen LogP contribution in [0.15, 0.2) is 42.5 Å². The fraction of sp³-hybridized carbons (Fsp3) is 0.381. The number of rotatable bonds is 6. The molecule has 162 valence electrons. The fourth-order valence-corrected chi connectivity index (χ4v) is 4.37. The zero-order valence-corrected chi connectivity index (χ0v) is 18.2. The molecule has 0 saturated carbocycles. The SMILES string of the molecule is COc1ccc(OC)c([C@@H](C)NC(=O)[C@@H]2CCN(S(C)(=O)=O)c3ccccc3O2)c1. The molecule has 0 fully saturated rings. The lowest BCUT2D eigenvalue weighted by molar-refractivity contribution is -0.128. The van der Waals surface area contributed by atoms with E-state index in [4.69, 9.17) is 14.2 Å². The Labute approximate surface area is 176 Å². The van der Waals surface area contributed by atoms with E-state index in [1.165, 1.54) is 4.31 Å². The monoisotopic (exact) mass is 434 g/mol. The number of carbonyl (C=O) groups is 1. The van der Waals surface area contributed by atoms with Gasteiger partial charge in [-0.15, -0.1) is 0 Å². The molecule has 30 heavy (non-hydrogen) atoms. The van der Waals surface area contributed by atoms with Gasteiger partial charge in [-0.2, -0.15) is 0 Å². The Morgan fingerprint density at radius 3 is 2.60 bits per heavy atom. The molecular formula is C21H26N2O6S. The lowest BCUT2D eigenvalue weighted by Gasteiger charge is -2.22. The van der Waals surface area contributed by atoms with Crippen LogP contribution in [0, 0.1) is 0 Å². The first-order valence-electron chi connectivity index (χ1n) is 9.50. The lowest BCUT2D eigenvalue weighted by Crippen LogP contribution is -2.40. The van der Waals surface area contributed by atoms with Gasteiger partial charge in [0.1, 0.15) is 17.2 Å². The molecular weight excluding hydrogens is 408 g/mol. The largest absolute Gasteiger partial charge is 0.497 e. The van der Waals surface area contributed by atoms with Crippen LogP contribution in [-0.2, 0) is 14.8 Å². The molecule has 0 radical (unpaired) electrons. The minimum atomic E-state index is -3.50. The Kier molecular flexibility index (Phi) is 6.40. The molecule has 8 nitrogen and oxygen atoms in total. The van der Waals surface area contributed by atoms with Crippen molar-refractivity contribution < 1.29 is 27.4 Å². The number of carbonyl (C=O) groups excluding carboxylic acids is 1. The Hall–Kier alpha value is -2.94. The molecule has 2 aromatic carbocycles. The van der Waals surface area contributed by atoms with Crippen LogP contribution in [0.2, 0.25) is 0 Å². The summed E-state index contributed by atoms with van der Waals surface area (Å²) < 4.78 is 42.3. The number of amides is 1. The molecule has 9 heteroatoms. The second-order valence-corrected chi connectivity index (χ2v) is 8.94. The van der Waals surface area contributed by atoms with Crippen LogP contribution in [0.1, 0.15) is 24.9 Å². The molecule has 0 unspecified atom stereocenters. The van der Waals surface area contributed by atoms with Crippen LogP contribution < -0.4 is 23.8 Å². The van der Waals surface area contributed by atoms with Crippen LogP contribution in [-0.4, -0.2) is 47.4 Å². The maximum absolute atomic E-state index is 13.0. The van der Waals surface area contributed by atoms with Crippen LogP contribution in [0.5, 0.6) is 17.2 Å². The summed E-state index contributed by atoms with van der Waals surface area (Å²) in [7, 11) is -0.374. The van der Waals surface area contributed by atoms with Crippen molar-refractivity contribution in [2.45, 2.75) is 25.5 Å². The highest BCUT2D eigenvalue weighted by atomic mass is 32.2. The van der Waals surface area contributed by atoms with E-state index in [-0.39, 0.29) is 24.9 Å². The predicted octanol–water partition coefficient (Wildman–Crippen LogP) is 2.50. The number of hydrogen-bond acceptors (Lipinski definition) is 6. The Morgan fingerprint density at radius 1 is 1.20 bits per heavy atom. The van der Waals surface area contributed by atoms with E-state index in [1.807, 2.05) is 6.92 Å². The topological polar surface area (TPSA) is 94.2 Å². The highest BCUT2D eigenvalue weighted by Crippen LogP contribution is 2.34. The number of nitrogens with zero attached hydrogens (tertiary/aromatic N) is 1. The van der Waals surface area contributed by atoms with Crippen molar-refractivity contribution in [1.29, 1.82) is 0 Å². The van der Waals surface area contributed by atoms with Gasteiger partial charge in [-0.3, -0.25) is 9.10 Å². The summed E-state index contributed by atoms with van der Waals surface area (Å²) in [5.41, 5.74) is 1.19. The minimum absolute atomic E-state index is 0.144. The van der Waals surface area contributed by atoms with Crippen LogP contribution >= 0.6 is 0 Å². The maximum atomic E-state index is 13.0. The standard InChI is InChI=1S/C21H26N2O6S/c1-14(16-13-15(27-2)9-10-18(16)28-3)22-21(24)20-11-12-23(30(4,25)26)17-7-5-6-8-19(17)29-20/h5-10,13-14,20H,11-12H2,1-4H3,(H,22,24)/t14-,20+/m1/s1. The summed E-state index contributed by atoms with van der Waals surface area (Å²) in [6.45, 7) is 1.98. The van der Waals surface area contributed by atoms with Gasteiger partial charge in [0.15, 0.2) is 6.10 Å². The van der Waals surface area contributed by atoms with Crippen molar-refractivity contribution in [2.75, 3.05) is 31.3 Å². The molecule has 1 amide bonds. The van der Waals surface area contributed by atoms with Gasteiger partial charge in [-0.05, 0) is 37.3 Å². The van der Waals surface area contributed by atoms with Crippen molar-refractivity contribution in [2.24, 2.45) is 0 Å². The van der Waals surface area contributed by atoms with Crippen molar-refractivity contribution in [3.05, 3.63) is 48.0 Å². The fourth-order valence-electron chi connectivity index (χ4n) is 3.42. The van der Waals surface area contributed by atoms with Gasteiger partial charge < -0.3 is 19.5 Å². The van der Waals surface area contributed by atoms with Gasteiger partial charge >= 0.3 is 0 Å². The van der Waals surface area contributed by atoms with Crippen LogP contribution in [0.3, 0.4) is 0 Å². The average Bonchev–Trinajstić information content (AvgIpc) is 2.93. The second kappa shape index (κ2) is 8.83. The van der Waals surface area contributed by atoms with E-state index in [1.54, 1.807) is 56.7 Å². The van der Waals surface area contributed by atoms with Gasteiger partial charge in [0, 0.05) is 18.5 Å². The van der Waals surface area contributed by atoms with Gasteiger partial charge in [-0.1, -0.05) is 12.1 Å². The second-order valence-electron chi connectivity index (χ2n) is 7.04. The number of ether oxygens (including phenoxy) is 3. The zero-order chi connectivity index (χ0) is 21.9. The third-order valence-corrected chi connectivity index (χ3v) is 6.13. The summed E-state index contributed by atoms with van der Waals surface area (Å²) in [6.07, 6.45) is 0.522. The molecule has 1 heterocycles. The van der Waals surface area contributed by atoms with Gasteiger partial charge in [-0.25, -0.2) is 8.42 Å². The minimum Gasteiger partial charge on any atom is -0.497 e. The van der Waals surface area contributed by atoms with Gasteiger partial charge in [0.25, 0.3) is 5.91 Å². The lowest BCUT2D eigenvalue weighted by atomic mass is 10.1. The molecule has 0 aromatic heterocycles. The Balaban J connectivity index is 1.81. The number of hydrogen-bond donors (Lipinski definition) is 1. The third-order valence-electron chi connectivity index (χ3n) is 4.95. The highest BCUT2D eigenvalue weighted by molar-refractivity contribution is 7.92. The molecule has 0 saturated heterocycles. The van der Waals surface area contributed by atoms with Crippen molar-refractivity contribution in [3.8, 4) is 17.2 Å². The Bertz CT molecular complexity index is 1020. The molecule has 1 aliphatic heterocycles. The van der Waals surface area contributed by atoms with Crippen LogP contribution in [0.4, 0.5) is 5.69 Å². The summed E-state index contributed by atoms with van der Waals surface area (Å²) in [5.74, 6) is 1.29. The summed E-state index contributed by atoms with van der Waals surface area (Å²) in [6, 6.07) is 11.8. The smallest absolute Gasteiger partial charge is 0.261 e. The van der Waals surface area contributed by atoms with Gasteiger partial charge in [0.2, 0.25) is 10.0 Å². The van der Waals surface area contributed by atoms with Crippen molar-refractivity contribution in [3.63, 3.8) is 0 Å². The molecule has 1 N–H and O–H groups in total. The highest BCUT2D eigenvalue weighted by Gasteiger charge is 2.31. The maximum Gasteiger partial charge on any atom is 0.261 e. The van der Waals surface area contributed by atoms with E-state index >= 15 is 0 Å². The molecule has 0 spiro atoms. The van der Waals surface area contributed by atoms with Crippen molar-refractivity contribution >= 4 is 21.6 Å². The number of nitrogens with one attached hydrogen (secondary N) is 1. The molecule has 2 atom stereocenters. The van der Waals surface area contributed by atoms with Crippen molar-refractivity contribution in [1.82, 2.24) is 5.32 Å². The third kappa shape index (κ3) is 4.62. The predicted molar refractivity (Wildman–Crippen MR) is 114 cm³/mol. The number of benzene rings is 2. The molecule has 0 aliphatic carbocycles. The molecule has 1 aliphatic rings. The first kappa shape index (κ1) is 21.8. The first-order chi connectivity index (χ1) is 14.2. The van der Waals surface area contributed by atoms with E-state index < -0.39 is 16.1 Å². The van der Waals surface area contributed by atoms with E-state index in [2.05, 4.69) is 5.32 Å². The zero-order valence-electron chi connectivity index (χ0n) is 17.4. The number of methoxy groups -OCH3 is 2. The quantitative estimate of drug-likeness (QED) is 0.751. The van der Waals surface area contributed by atoms with Gasteiger partial charge in [0.05, 0.1) is 32.2 Å². The number of para-hydroxylation sites is 2. The van der Waals surface area contributed by atoms with Crippen LogP contribution in [0.25, 0.3) is 0 Å². The summed E-state index contributed by atoms with van der Waals surface area (Å²) in [5, 5.41) is 2.94. The Morgan fingerprint density at radius 2 is 1.93 bits per heavy atom. The number of sulfonamides is 1. The normalized spacial score (nSPS) is 17.2. The molecule has 2 aromatic rings. The van der Waals surface area contributed by atoms with E-state index in [9.17, 15) is 13.2 Å². The number of fused-ring (bicyclic) bond motifs is 1. The first-order valence-corrected chi connectivity index (χ1v) is 11.3. The molecule has 0 bridgehead atoms. The van der Waals surface area contributed by atoms with E-state index in [0.29, 0.717) is 22.9 Å².